The van der Waals surface area contributed by atoms with Gasteiger partial charge in [-0.25, -0.2) is 0 Å². The zero-order valence-electron chi connectivity index (χ0n) is 16.9. The number of amides is 1. The third-order valence-electron chi connectivity index (χ3n) is 5.43. The summed E-state index contributed by atoms with van der Waals surface area (Å²) in [7, 11) is 6.43. The average molecular weight is 396 g/mol. The van der Waals surface area contributed by atoms with E-state index in [1.54, 1.807) is 34.5 Å². The van der Waals surface area contributed by atoms with Crippen LogP contribution >= 0.6 is 0 Å². The number of carbonyl (C=O) groups is 1. The standard InChI is InChI=1S/C22H24N2O5/c1-26-17-7-8-18(27-2)21-14(17)10-16(23-21)22(25)24-15-6-5-12-9-19(28-3)20(29-4)11-13(12)15/h7-11,15,23H,5-6H2,1-4H3,(H,24,25)/t15-/m0/s1. The van der Waals surface area contributed by atoms with Gasteiger partial charge in [-0.1, -0.05) is 0 Å². The summed E-state index contributed by atoms with van der Waals surface area (Å²) in [5, 5.41) is 3.93. The van der Waals surface area contributed by atoms with Gasteiger partial charge in [-0.2, -0.15) is 0 Å². The van der Waals surface area contributed by atoms with Gasteiger partial charge in [-0.15, -0.1) is 0 Å². The molecule has 1 amide bonds. The Bertz CT molecular complexity index is 1030. The number of benzene rings is 2. The lowest BCUT2D eigenvalue weighted by Gasteiger charge is -2.16. The van der Waals surface area contributed by atoms with Crippen LogP contribution in [0.25, 0.3) is 10.9 Å². The number of fused-ring (bicyclic) bond motifs is 2. The highest BCUT2D eigenvalue weighted by Crippen LogP contribution is 2.39. The minimum Gasteiger partial charge on any atom is -0.496 e. The predicted octanol–water partition coefficient (Wildman–Crippen LogP) is 3.62. The second-order valence-corrected chi connectivity index (χ2v) is 6.91. The Hall–Kier alpha value is -3.35. The summed E-state index contributed by atoms with van der Waals surface area (Å²) in [6, 6.07) is 9.27. The summed E-state index contributed by atoms with van der Waals surface area (Å²) in [4.78, 5) is 16.1. The first kappa shape index (κ1) is 19.0. The van der Waals surface area contributed by atoms with Crippen LogP contribution in [0.4, 0.5) is 0 Å². The summed E-state index contributed by atoms with van der Waals surface area (Å²) in [5.74, 6) is 2.51. The van der Waals surface area contributed by atoms with E-state index in [4.69, 9.17) is 18.9 Å². The molecule has 7 nitrogen and oxygen atoms in total. The number of methoxy groups -OCH3 is 4. The number of hydrogen-bond donors (Lipinski definition) is 2. The molecule has 152 valence electrons. The average Bonchev–Trinajstić information content (AvgIpc) is 3.36. The predicted molar refractivity (Wildman–Crippen MR) is 109 cm³/mol. The highest BCUT2D eigenvalue weighted by atomic mass is 16.5. The first-order valence-electron chi connectivity index (χ1n) is 9.39. The molecule has 2 aromatic carbocycles. The van der Waals surface area contributed by atoms with Crippen LogP contribution in [0.15, 0.2) is 30.3 Å². The number of aromatic nitrogens is 1. The Kier molecular flexibility index (Phi) is 4.96. The Morgan fingerprint density at radius 2 is 1.59 bits per heavy atom. The number of aromatic amines is 1. The fourth-order valence-electron chi connectivity index (χ4n) is 3.96. The Labute approximate surface area is 168 Å². The maximum absolute atomic E-state index is 13.0. The van der Waals surface area contributed by atoms with Crippen molar-refractivity contribution >= 4 is 16.8 Å². The van der Waals surface area contributed by atoms with Crippen LogP contribution in [0.5, 0.6) is 23.0 Å². The van der Waals surface area contributed by atoms with Crippen molar-refractivity contribution < 1.29 is 23.7 Å². The van der Waals surface area contributed by atoms with E-state index in [1.165, 1.54) is 0 Å². The smallest absolute Gasteiger partial charge is 0.268 e. The van der Waals surface area contributed by atoms with Gasteiger partial charge < -0.3 is 29.2 Å². The SMILES string of the molecule is COc1cc2c(cc1OC)[C@@H](NC(=O)c1cc3c(OC)ccc(OC)c3[nH]1)CC2. The van der Waals surface area contributed by atoms with Gasteiger partial charge in [0.2, 0.25) is 0 Å². The summed E-state index contributed by atoms with van der Waals surface area (Å²) >= 11 is 0. The van der Waals surface area contributed by atoms with Crippen molar-refractivity contribution in [1.29, 1.82) is 0 Å². The van der Waals surface area contributed by atoms with E-state index in [9.17, 15) is 4.79 Å². The van der Waals surface area contributed by atoms with E-state index in [1.807, 2.05) is 24.3 Å². The molecule has 1 atom stereocenters. The summed E-state index contributed by atoms with van der Waals surface area (Å²) < 4.78 is 21.6. The molecule has 29 heavy (non-hydrogen) atoms. The number of ether oxygens (including phenoxy) is 4. The molecule has 7 heteroatoms. The molecule has 0 fully saturated rings. The molecule has 0 radical (unpaired) electrons. The molecule has 2 N–H and O–H groups in total. The lowest BCUT2D eigenvalue weighted by molar-refractivity contribution is 0.0932. The number of rotatable bonds is 6. The number of H-pyrrole nitrogens is 1. The Morgan fingerprint density at radius 1 is 0.931 bits per heavy atom. The topological polar surface area (TPSA) is 81.8 Å². The van der Waals surface area contributed by atoms with Crippen molar-refractivity contribution in [3.8, 4) is 23.0 Å². The maximum Gasteiger partial charge on any atom is 0.268 e. The molecule has 3 aromatic rings. The van der Waals surface area contributed by atoms with Gasteiger partial charge in [-0.05, 0) is 54.3 Å². The summed E-state index contributed by atoms with van der Waals surface area (Å²) in [6.45, 7) is 0. The summed E-state index contributed by atoms with van der Waals surface area (Å²) in [5.41, 5.74) is 3.40. The van der Waals surface area contributed by atoms with Gasteiger partial charge in [0.25, 0.3) is 5.91 Å². The van der Waals surface area contributed by atoms with Gasteiger partial charge >= 0.3 is 0 Å². The van der Waals surface area contributed by atoms with Crippen molar-refractivity contribution in [3.05, 3.63) is 47.2 Å². The van der Waals surface area contributed by atoms with Crippen molar-refractivity contribution in [2.75, 3.05) is 28.4 Å². The highest BCUT2D eigenvalue weighted by Gasteiger charge is 2.27. The molecule has 0 spiro atoms. The first-order chi connectivity index (χ1) is 14.1. The molecule has 0 bridgehead atoms. The van der Waals surface area contributed by atoms with Crippen molar-refractivity contribution in [1.82, 2.24) is 10.3 Å². The quantitative estimate of drug-likeness (QED) is 0.665. The van der Waals surface area contributed by atoms with E-state index in [-0.39, 0.29) is 11.9 Å². The van der Waals surface area contributed by atoms with Gasteiger partial charge in [-0.3, -0.25) is 4.79 Å². The van der Waals surface area contributed by atoms with Gasteiger partial charge in [0, 0.05) is 5.39 Å². The van der Waals surface area contributed by atoms with Gasteiger partial charge in [0.15, 0.2) is 11.5 Å². The number of nitrogens with one attached hydrogen (secondary N) is 2. The second kappa shape index (κ2) is 7.58. The third kappa shape index (κ3) is 3.22. The molecule has 1 aromatic heterocycles. The molecular formula is C22H24N2O5. The molecule has 4 rings (SSSR count). The molecule has 1 heterocycles. The van der Waals surface area contributed by atoms with Crippen LogP contribution in [-0.4, -0.2) is 39.3 Å². The van der Waals surface area contributed by atoms with E-state index in [2.05, 4.69) is 10.3 Å². The van der Waals surface area contributed by atoms with Crippen LogP contribution < -0.4 is 24.3 Å². The van der Waals surface area contributed by atoms with E-state index >= 15 is 0 Å². The zero-order valence-corrected chi connectivity index (χ0v) is 16.9. The minimum absolute atomic E-state index is 0.0903. The number of aryl methyl sites for hydroxylation is 1. The van der Waals surface area contributed by atoms with Crippen LogP contribution in [-0.2, 0) is 6.42 Å². The van der Waals surface area contributed by atoms with Crippen molar-refractivity contribution in [2.45, 2.75) is 18.9 Å². The minimum atomic E-state index is -0.182. The number of carbonyl (C=O) groups excluding carboxylic acids is 1. The van der Waals surface area contributed by atoms with Crippen LogP contribution in [0.3, 0.4) is 0 Å². The van der Waals surface area contributed by atoms with Gasteiger partial charge in [0.1, 0.15) is 17.2 Å². The molecule has 0 aliphatic heterocycles. The Morgan fingerprint density at radius 3 is 2.28 bits per heavy atom. The van der Waals surface area contributed by atoms with Crippen LogP contribution in [0.1, 0.15) is 34.1 Å². The molecule has 0 saturated carbocycles. The highest BCUT2D eigenvalue weighted by molar-refractivity contribution is 6.01. The molecule has 0 saturated heterocycles. The molecule has 1 aliphatic rings. The first-order valence-corrected chi connectivity index (χ1v) is 9.39. The van der Waals surface area contributed by atoms with Crippen LogP contribution in [0, 0.1) is 0 Å². The normalized spacial score (nSPS) is 15.1. The van der Waals surface area contributed by atoms with Crippen molar-refractivity contribution in [3.63, 3.8) is 0 Å². The monoisotopic (exact) mass is 396 g/mol. The zero-order chi connectivity index (χ0) is 20.5. The van der Waals surface area contributed by atoms with E-state index < -0.39 is 0 Å². The maximum atomic E-state index is 13.0. The molecular weight excluding hydrogens is 372 g/mol. The third-order valence-corrected chi connectivity index (χ3v) is 5.43. The van der Waals surface area contributed by atoms with Crippen molar-refractivity contribution in [2.24, 2.45) is 0 Å². The summed E-state index contributed by atoms with van der Waals surface area (Å²) in [6.07, 6.45) is 1.69. The van der Waals surface area contributed by atoms with E-state index in [0.29, 0.717) is 28.7 Å². The van der Waals surface area contributed by atoms with E-state index in [0.717, 1.165) is 34.9 Å². The molecule has 1 aliphatic carbocycles. The number of hydrogen-bond acceptors (Lipinski definition) is 5. The van der Waals surface area contributed by atoms with Crippen LogP contribution in [0.2, 0.25) is 0 Å². The fourth-order valence-corrected chi connectivity index (χ4v) is 3.96. The Balaban J connectivity index is 1.63. The lowest BCUT2D eigenvalue weighted by atomic mass is 10.1. The largest absolute Gasteiger partial charge is 0.496 e. The fraction of sp³-hybridized carbons (Fsp3) is 0.318. The molecule has 0 unspecified atom stereocenters. The lowest BCUT2D eigenvalue weighted by Crippen LogP contribution is -2.27. The second-order valence-electron chi connectivity index (χ2n) is 6.91. The van der Waals surface area contributed by atoms with Gasteiger partial charge in [0.05, 0.1) is 40.0 Å².